The topological polar surface area (TPSA) is 96.5 Å². The predicted octanol–water partition coefficient (Wildman–Crippen LogP) is 1.13. The minimum absolute atomic E-state index is 0.145. The van der Waals surface area contributed by atoms with E-state index in [1.165, 1.54) is 12.8 Å². The second-order valence-electron chi connectivity index (χ2n) is 8.50. The first-order chi connectivity index (χ1) is 14.2. The molecule has 3 heterocycles. The van der Waals surface area contributed by atoms with Gasteiger partial charge >= 0.3 is 0 Å². The normalized spacial score (nSPS) is 25.7. The van der Waals surface area contributed by atoms with E-state index in [0.29, 0.717) is 18.7 Å². The van der Waals surface area contributed by atoms with E-state index in [1.54, 1.807) is 18.3 Å². The highest BCUT2D eigenvalue weighted by Gasteiger charge is 2.38. The summed E-state index contributed by atoms with van der Waals surface area (Å²) in [5.41, 5.74) is 0.339. The zero-order valence-electron chi connectivity index (χ0n) is 16.9. The van der Waals surface area contributed by atoms with Crippen LogP contribution >= 0.6 is 0 Å². The molecule has 2 atom stereocenters. The van der Waals surface area contributed by atoms with Crippen LogP contribution in [0.4, 0.5) is 0 Å². The molecule has 0 bridgehead atoms. The van der Waals surface area contributed by atoms with Gasteiger partial charge in [-0.3, -0.25) is 14.5 Å². The van der Waals surface area contributed by atoms with Gasteiger partial charge in [0.2, 0.25) is 5.91 Å². The van der Waals surface area contributed by atoms with Crippen LogP contribution in [0.5, 0.6) is 0 Å². The summed E-state index contributed by atoms with van der Waals surface area (Å²) in [7, 11) is 0. The van der Waals surface area contributed by atoms with E-state index in [4.69, 9.17) is 4.74 Å². The van der Waals surface area contributed by atoms with E-state index in [1.807, 2.05) is 0 Å². The number of carbonyl (C=O) groups excluding carboxylic acids is 2. The molecule has 158 valence electrons. The highest BCUT2D eigenvalue weighted by molar-refractivity contribution is 5.91. The first-order valence-electron chi connectivity index (χ1n) is 10.9. The predicted molar refractivity (Wildman–Crippen MR) is 107 cm³/mol. The Hall–Kier alpha value is -2.06. The van der Waals surface area contributed by atoms with Gasteiger partial charge in [-0.15, -0.1) is 5.10 Å². The number of hydrogen-bond acceptors (Lipinski definition) is 6. The van der Waals surface area contributed by atoms with Crippen molar-refractivity contribution in [2.24, 2.45) is 5.92 Å². The van der Waals surface area contributed by atoms with Crippen LogP contribution in [0.3, 0.4) is 0 Å². The molecule has 2 amide bonds. The van der Waals surface area contributed by atoms with E-state index in [-0.39, 0.29) is 29.9 Å². The molecule has 1 aromatic rings. The first-order valence-corrected chi connectivity index (χ1v) is 10.9. The summed E-state index contributed by atoms with van der Waals surface area (Å²) in [6.45, 7) is 3.08. The van der Waals surface area contributed by atoms with Crippen molar-refractivity contribution >= 4 is 11.8 Å². The molecule has 0 radical (unpaired) electrons. The third-order valence-electron chi connectivity index (χ3n) is 6.25. The highest BCUT2D eigenvalue weighted by Crippen LogP contribution is 2.35. The van der Waals surface area contributed by atoms with E-state index in [0.717, 1.165) is 51.4 Å². The van der Waals surface area contributed by atoms with Crippen molar-refractivity contribution in [2.45, 2.75) is 63.1 Å². The number of aromatic nitrogens is 2. The second-order valence-corrected chi connectivity index (χ2v) is 8.50. The van der Waals surface area contributed by atoms with Crippen LogP contribution in [0, 0.1) is 5.92 Å². The number of likely N-dealkylation sites (tertiary alicyclic amines) is 1. The van der Waals surface area contributed by atoms with Crippen LogP contribution in [-0.4, -0.2) is 71.3 Å². The number of hydrogen-bond donors (Lipinski definition) is 2. The maximum atomic E-state index is 12.6. The molecule has 2 aliphatic heterocycles. The number of amides is 2. The van der Waals surface area contributed by atoms with Crippen molar-refractivity contribution in [2.75, 3.05) is 26.3 Å². The first kappa shape index (κ1) is 20.2. The van der Waals surface area contributed by atoms with Gasteiger partial charge in [-0.25, -0.2) is 0 Å². The Bertz CT molecular complexity index is 691. The van der Waals surface area contributed by atoms with Gasteiger partial charge in [0, 0.05) is 57.0 Å². The van der Waals surface area contributed by atoms with Gasteiger partial charge in [0.05, 0.1) is 0 Å². The SMILES string of the molecule is O=C(C[C@H]1CC[C@@H](CNC(=O)c2cccnn2)N1CC1CC1)NC1CCOCC1. The fraction of sp³-hybridized carbons (Fsp3) is 0.714. The number of nitrogens with zero attached hydrogens (tertiary/aromatic N) is 3. The van der Waals surface area contributed by atoms with E-state index in [9.17, 15) is 9.59 Å². The van der Waals surface area contributed by atoms with Crippen LogP contribution in [0.25, 0.3) is 0 Å². The number of nitrogens with one attached hydrogen (secondary N) is 2. The number of ether oxygens (including phenoxy) is 1. The average molecular weight is 402 g/mol. The Balaban J connectivity index is 1.30. The summed E-state index contributed by atoms with van der Waals surface area (Å²) in [5.74, 6) is 0.699. The molecule has 1 aromatic heterocycles. The lowest BCUT2D eigenvalue weighted by molar-refractivity contribution is -0.123. The minimum atomic E-state index is -0.190. The Morgan fingerprint density at radius 2 is 1.90 bits per heavy atom. The molecule has 0 spiro atoms. The van der Waals surface area contributed by atoms with Crippen molar-refractivity contribution < 1.29 is 14.3 Å². The molecular formula is C21H31N5O3. The van der Waals surface area contributed by atoms with Gasteiger partial charge in [-0.05, 0) is 56.6 Å². The maximum Gasteiger partial charge on any atom is 0.271 e. The van der Waals surface area contributed by atoms with E-state index in [2.05, 4.69) is 25.7 Å². The van der Waals surface area contributed by atoms with E-state index < -0.39 is 0 Å². The largest absolute Gasteiger partial charge is 0.381 e. The lowest BCUT2D eigenvalue weighted by Gasteiger charge is -2.31. The zero-order valence-corrected chi connectivity index (χ0v) is 16.9. The Morgan fingerprint density at radius 3 is 2.62 bits per heavy atom. The van der Waals surface area contributed by atoms with Crippen molar-refractivity contribution in [1.29, 1.82) is 0 Å². The molecule has 1 aliphatic carbocycles. The summed E-state index contributed by atoms with van der Waals surface area (Å²) in [6, 6.07) is 4.16. The molecule has 8 heteroatoms. The third-order valence-corrected chi connectivity index (χ3v) is 6.25. The summed E-state index contributed by atoms with van der Waals surface area (Å²) < 4.78 is 5.37. The molecule has 2 saturated heterocycles. The highest BCUT2D eigenvalue weighted by atomic mass is 16.5. The molecule has 2 N–H and O–H groups in total. The van der Waals surface area contributed by atoms with Gasteiger partial charge in [-0.1, -0.05) is 0 Å². The van der Waals surface area contributed by atoms with Crippen LogP contribution in [0.2, 0.25) is 0 Å². The smallest absolute Gasteiger partial charge is 0.271 e. The van der Waals surface area contributed by atoms with Crippen LogP contribution < -0.4 is 10.6 Å². The van der Waals surface area contributed by atoms with Crippen molar-refractivity contribution in [3.8, 4) is 0 Å². The van der Waals surface area contributed by atoms with Gasteiger partial charge in [0.1, 0.15) is 0 Å². The maximum absolute atomic E-state index is 12.6. The Labute approximate surface area is 171 Å². The molecule has 1 saturated carbocycles. The zero-order chi connectivity index (χ0) is 20.1. The van der Waals surface area contributed by atoms with Gasteiger partial charge < -0.3 is 15.4 Å². The van der Waals surface area contributed by atoms with Crippen LogP contribution in [-0.2, 0) is 9.53 Å². The van der Waals surface area contributed by atoms with Gasteiger partial charge in [0.15, 0.2) is 5.69 Å². The molecule has 3 fully saturated rings. The number of rotatable bonds is 8. The minimum Gasteiger partial charge on any atom is -0.381 e. The third kappa shape index (κ3) is 5.73. The average Bonchev–Trinajstić information content (AvgIpc) is 3.49. The molecule has 0 aromatic carbocycles. The van der Waals surface area contributed by atoms with Gasteiger partial charge in [-0.2, -0.15) is 5.10 Å². The van der Waals surface area contributed by atoms with Gasteiger partial charge in [0.25, 0.3) is 5.91 Å². The number of carbonyl (C=O) groups is 2. The standard InChI is InChI=1S/C21H31N5O3/c27-20(24-16-7-10-29-11-8-16)12-17-5-6-18(26(17)14-15-3-4-15)13-22-21(28)19-2-1-9-23-25-19/h1-2,9,15-18H,3-8,10-14H2,(H,22,28)(H,24,27)/t17-,18+/m1/s1. The van der Waals surface area contributed by atoms with Crippen molar-refractivity contribution in [3.63, 3.8) is 0 Å². The summed E-state index contributed by atoms with van der Waals surface area (Å²) in [4.78, 5) is 27.4. The van der Waals surface area contributed by atoms with Crippen LogP contribution in [0.1, 0.15) is 55.4 Å². The fourth-order valence-electron chi connectivity index (χ4n) is 4.42. The molecule has 4 rings (SSSR count). The molecular weight excluding hydrogens is 370 g/mol. The van der Waals surface area contributed by atoms with Crippen molar-refractivity contribution in [1.82, 2.24) is 25.7 Å². The van der Waals surface area contributed by atoms with E-state index >= 15 is 0 Å². The quantitative estimate of drug-likeness (QED) is 0.678. The molecule has 0 unspecified atom stereocenters. The summed E-state index contributed by atoms with van der Waals surface area (Å²) >= 11 is 0. The summed E-state index contributed by atoms with van der Waals surface area (Å²) in [5, 5.41) is 13.8. The molecule has 8 nitrogen and oxygen atoms in total. The molecule has 29 heavy (non-hydrogen) atoms. The Morgan fingerprint density at radius 1 is 1.10 bits per heavy atom. The fourth-order valence-corrected chi connectivity index (χ4v) is 4.42. The lowest BCUT2D eigenvalue weighted by atomic mass is 10.1. The van der Waals surface area contributed by atoms with Crippen molar-refractivity contribution in [3.05, 3.63) is 24.0 Å². The Kier molecular flexibility index (Phi) is 6.71. The molecule has 3 aliphatic rings. The van der Waals surface area contributed by atoms with Crippen LogP contribution in [0.15, 0.2) is 18.3 Å². The summed E-state index contributed by atoms with van der Waals surface area (Å²) in [6.07, 6.45) is 8.45. The monoisotopic (exact) mass is 401 g/mol. The second kappa shape index (κ2) is 9.63. The lowest BCUT2D eigenvalue weighted by Crippen LogP contribution is -2.46.